The van der Waals surface area contributed by atoms with Crippen molar-refractivity contribution in [3.63, 3.8) is 0 Å². The molecule has 0 unspecified atom stereocenters. The quantitative estimate of drug-likeness (QED) is 0.455. The molecule has 0 bridgehead atoms. The van der Waals surface area contributed by atoms with Gasteiger partial charge in [0.1, 0.15) is 0 Å². The molecule has 1 atom stereocenters. The number of ether oxygens (including phenoxy) is 2. The molecule has 0 fully saturated rings. The van der Waals surface area contributed by atoms with Crippen LogP contribution in [0.5, 0.6) is 0 Å². The highest BCUT2D eigenvalue weighted by atomic mass is 16.5. The number of aliphatic carboxylic acids is 1. The molecule has 0 saturated heterocycles. The summed E-state index contributed by atoms with van der Waals surface area (Å²) in [5.74, 6) is -1.04. The Labute approximate surface area is 187 Å². The second-order valence-electron chi connectivity index (χ2n) is 7.46. The number of carboxylic acid groups (broad SMARTS) is 1. The zero-order valence-corrected chi connectivity index (χ0v) is 18.2. The number of hydrogen-bond acceptors (Lipinski definition) is 4. The van der Waals surface area contributed by atoms with Crippen LogP contribution in [0, 0.1) is 6.92 Å². The number of carbonyl (C=O) groups is 2. The summed E-state index contributed by atoms with van der Waals surface area (Å²) >= 11 is 0. The minimum atomic E-state index is -1.04. The van der Waals surface area contributed by atoms with Crippen LogP contribution in [0.25, 0.3) is 6.08 Å². The maximum absolute atomic E-state index is 12.8. The molecule has 166 valence electrons. The summed E-state index contributed by atoms with van der Waals surface area (Å²) in [4.78, 5) is 23.7. The zero-order valence-electron chi connectivity index (χ0n) is 18.2. The second kappa shape index (κ2) is 11.2. The van der Waals surface area contributed by atoms with Crippen LogP contribution < -0.4 is 0 Å². The molecule has 0 spiro atoms. The lowest BCUT2D eigenvalue weighted by atomic mass is 10.1. The van der Waals surface area contributed by atoms with Crippen molar-refractivity contribution < 1.29 is 24.2 Å². The number of ketones is 1. The van der Waals surface area contributed by atoms with Crippen LogP contribution in [0.15, 0.2) is 72.9 Å². The van der Waals surface area contributed by atoms with Crippen LogP contribution in [0.2, 0.25) is 0 Å². The molecule has 6 nitrogen and oxygen atoms in total. The molecule has 1 heterocycles. The molecule has 32 heavy (non-hydrogen) atoms. The lowest BCUT2D eigenvalue weighted by molar-refractivity contribution is -0.152. The molecule has 1 N–H and O–H groups in total. The first kappa shape index (κ1) is 23.2. The van der Waals surface area contributed by atoms with Gasteiger partial charge >= 0.3 is 5.97 Å². The molecule has 0 aliphatic heterocycles. The Balaban J connectivity index is 1.54. The SMILES string of the molecule is CO[C@H](COCc1ccc(C=CCn2cccc2C(=O)c2ccc(C)cc2)cc1)C(=O)O. The Morgan fingerprint density at radius 2 is 1.78 bits per heavy atom. The van der Waals surface area contributed by atoms with Crippen LogP contribution in [0.1, 0.15) is 32.7 Å². The van der Waals surface area contributed by atoms with Gasteiger partial charge in [-0.1, -0.05) is 66.2 Å². The molecule has 0 aliphatic carbocycles. The van der Waals surface area contributed by atoms with Crippen molar-refractivity contribution in [1.82, 2.24) is 4.57 Å². The van der Waals surface area contributed by atoms with E-state index >= 15 is 0 Å². The summed E-state index contributed by atoms with van der Waals surface area (Å²) < 4.78 is 12.2. The number of nitrogens with zero attached hydrogens (tertiary/aromatic N) is 1. The van der Waals surface area contributed by atoms with Crippen molar-refractivity contribution in [2.24, 2.45) is 0 Å². The van der Waals surface area contributed by atoms with Crippen LogP contribution in [0.4, 0.5) is 0 Å². The van der Waals surface area contributed by atoms with Crippen molar-refractivity contribution in [3.8, 4) is 0 Å². The van der Waals surface area contributed by atoms with Crippen molar-refractivity contribution in [2.45, 2.75) is 26.2 Å². The predicted octanol–water partition coefficient (Wildman–Crippen LogP) is 4.36. The molecule has 6 heteroatoms. The number of hydrogen-bond donors (Lipinski definition) is 1. The van der Waals surface area contributed by atoms with Crippen LogP contribution in [0.3, 0.4) is 0 Å². The van der Waals surface area contributed by atoms with E-state index < -0.39 is 12.1 Å². The van der Waals surface area contributed by atoms with E-state index in [0.29, 0.717) is 24.4 Å². The number of carbonyl (C=O) groups excluding carboxylic acids is 1. The van der Waals surface area contributed by atoms with E-state index in [2.05, 4.69) is 0 Å². The van der Waals surface area contributed by atoms with Gasteiger partial charge in [0.25, 0.3) is 0 Å². The highest BCUT2D eigenvalue weighted by molar-refractivity contribution is 6.08. The van der Waals surface area contributed by atoms with Gasteiger partial charge < -0.3 is 19.1 Å². The van der Waals surface area contributed by atoms with Crippen LogP contribution >= 0.6 is 0 Å². The summed E-state index contributed by atoms with van der Waals surface area (Å²) in [6.45, 7) is 2.88. The Kier molecular flexibility index (Phi) is 8.14. The minimum absolute atomic E-state index is 0.00589. The van der Waals surface area contributed by atoms with E-state index in [9.17, 15) is 9.59 Å². The van der Waals surface area contributed by atoms with Crippen molar-refractivity contribution >= 4 is 17.8 Å². The van der Waals surface area contributed by atoms with E-state index in [1.165, 1.54) is 7.11 Å². The summed E-state index contributed by atoms with van der Waals surface area (Å²) in [5, 5.41) is 8.94. The van der Waals surface area contributed by atoms with Gasteiger partial charge in [-0.3, -0.25) is 4.79 Å². The van der Waals surface area contributed by atoms with E-state index in [0.717, 1.165) is 16.7 Å². The Morgan fingerprint density at radius 3 is 2.44 bits per heavy atom. The molecule has 0 amide bonds. The molecule has 1 aromatic heterocycles. The van der Waals surface area contributed by atoms with Crippen molar-refractivity contribution in [1.29, 1.82) is 0 Å². The maximum Gasteiger partial charge on any atom is 0.335 e. The number of methoxy groups -OCH3 is 1. The van der Waals surface area contributed by atoms with Gasteiger partial charge in [-0.05, 0) is 30.2 Å². The second-order valence-corrected chi connectivity index (χ2v) is 7.46. The summed E-state index contributed by atoms with van der Waals surface area (Å²) in [5.41, 5.74) is 4.42. The Morgan fingerprint density at radius 1 is 1.06 bits per heavy atom. The lowest BCUT2D eigenvalue weighted by Crippen LogP contribution is -2.27. The number of benzene rings is 2. The highest BCUT2D eigenvalue weighted by Gasteiger charge is 2.16. The smallest absolute Gasteiger partial charge is 0.335 e. The Bertz CT molecular complexity index is 1060. The van der Waals surface area contributed by atoms with Crippen molar-refractivity contribution in [3.05, 3.63) is 101 Å². The molecule has 2 aromatic carbocycles. The molecule has 0 saturated carbocycles. The van der Waals surface area contributed by atoms with Gasteiger partial charge in [0, 0.05) is 25.4 Å². The number of aryl methyl sites for hydroxylation is 1. The standard InChI is InChI=1S/C26H27NO5/c1-19-7-13-22(14-8-19)25(28)23-6-4-16-27(23)15-3-5-20-9-11-21(12-10-20)17-32-18-24(31-2)26(29)30/h3-14,16,24H,15,17-18H2,1-2H3,(H,29,30)/t24-/m1/s1. The number of allylic oxidation sites excluding steroid dienone is 1. The average Bonchev–Trinajstić information content (AvgIpc) is 3.26. The first-order valence-electron chi connectivity index (χ1n) is 10.3. The van der Waals surface area contributed by atoms with E-state index in [4.69, 9.17) is 14.6 Å². The highest BCUT2D eigenvalue weighted by Crippen LogP contribution is 2.13. The minimum Gasteiger partial charge on any atom is -0.479 e. The monoisotopic (exact) mass is 433 g/mol. The lowest BCUT2D eigenvalue weighted by Gasteiger charge is -2.11. The number of carboxylic acids is 1. The first-order valence-corrected chi connectivity index (χ1v) is 10.3. The number of aromatic nitrogens is 1. The van der Waals surface area contributed by atoms with Gasteiger partial charge in [0.2, 0.25) is 5.78 Å². The molecule has 3 rings (SSSR count). The van der Waals surface area contributed by atoms with Gasteiger partial charge in [-0.25, -0.2) is 4.79 Å². The third-order valence-corrected chi connectivity index (χ3v) is 5.07. The number of rotatable bonds is 11. The van der Waals surface area contributed by atoms with E-state index in [1.54, 1.807) is 0 Å². The normalized spacial score (nSPS) is 12.2. The average molecular weight is 434 g/mol. The molecular formula is C26H27NO5. The molecular weight excluding hydrogens is 406 g/mol. The van der Waals surface area contributed by atoms with Gasteiger partial charge in [0.15, 0.2) is 6.10 Å². The fourth-order valence-corrected chi connectivity index (χ4v) is 3.18. The first-order chi connectivity index (χ1) is 15.5. The fourth-order valence-electron chi connectivity index (χ4n) is 3.18. The van der Waals surface area contributed by atoms with Gasteiger partial charge in [0.05, 0.1) is 18.9 Å². The van der Waals surface area contributed by atoms with Gasteiger partial charge in [-0.15, -0.1) is 0 Å². The van der Waals surface area contributed by atoms with Gasteiger partial charge in [-0.2, -0.15) is 0 Å². The third-order valence-electron chi connectivity index (χ3n) is 5.07. The summed E-state index contributed by atoms with van der Waals surface area (Å²) in [6.07, 6.45) is 4.94. The largest absolute Gasteiger partial charge is 0.479 e. The topological polar surface area (TPSA) is 77.8 Å². The molecule has 0 aliphatic rings. The van der Waals surface area contributed by atoms with E-state index in [-0.39, 0.29) is 12.4 Å². The van der Waals surface area contributed by atoms with Crippen LogP contribution in [-0.2, 0) is 27.4 Å². The van der Waals surface area contributed by atoms with Crippen LogP contribution in [-0.4, -0.2) is 41.2 Å². The molecule has 0 radical (unpaired) electrons. The summed E-state index contributed by atoms with van der Waals surface area (Å²) in [7, 11) is 1.35. The predicted molar refractivity (Wildman–Crippen MR) is 123 cm³/mol. The van der Waals surface area contributed by atoms with Crippen molar-refractivity contribution in [2.75, 3.05) is 13.7 Å². The zero-order chi connectivity index (χ0) is 22.9. The maximum atomic E-state index is 12.8. The summed E-state index contributed by atoms with van der Waals surface area (Å²) in [6, 6.07) is 19.1. The Hall–Kier alpha value is -3.48. The molecule has 3 aromatic rings. The fraction of sp³-hybridized carbons (Fsp3) is 0.231. The van der Waals surface area contributed by atoms with E-state index in [1.807, 2.05) is 90.5 Å². The third kappa shape index (κ3) is 6.26.